The first-order chi connectivity index (χ1) is 8.27. The summed E-state index contributed by atoms with van der Waals surface area (Å²) in [5, 5.41) is 4.25. The van der Waals surface area contributed by atoms with Gasteiger partial charge in [-0.2, -0.15) is 0 Å². The topological polar surface area (TPSA) is 24.5 Å². The third-order valence-electron chi connectivity index (χ3n) is 3.11. The highest BCUT2D eigenvalue weighted by Crippen LogP contribution is 2.22. The molecule has 1 aromatic carbocycles. The van der Waals surface area contributed by atoms with Gasteiger partial charge in [0.05, 0.1) is 13.2 Å². The van der Waals surface area contributed by atoms with Crippen LogP contribution in [0.2, 0.25) is 5.02 Å². The zero-order valence-corrected chi connectivity index (χ0v) is 11.0. The number of rotatable bonds is 4. The Balaban J connectivity index is 1.79. The molecule has 0 bridgehead atoms. The number of anilines is 1. The molecule has 1 aromatic rings. The van der Waals surface area contributed by atoms with Gasteiger partial charge in [0.1, 0.15) is 0 Å². The molecule has 0 atom stereocenters. The van der Waals surface area contributed by atoms with E-state index in [0.717, 1.165) is 55.7 Å². The predicted octanol–water partition coefficient (Wildman–Crippen LogP) is 2.39. The molecule has 0 radical (unpaired) electrons. The van der Waals surface area contributed by atoms with E-state index in [2.05, 4.69) is 16.3 Å². The fourth-order valence-corrected chi connectivity index (χ4v) is 2.15. The third-order valence-corrected chi connectivity index (χ3v) is 3.52. The fraction of sp³-hybridized carbons (Fsp3) is 0.538. The van der Waals surface area contributed by atoms with Crippen LogP contribution in [0.4, 0.5) is 5.69 Å². The van der Waals surface area contributed by atoms with Crippen LogP contribution in [0, 0.1) is 6.92 Å². The summed E-state index contributed by atoms with van der Waals surface area (Å²) in [5.41, 5.74) is 2.25. The molecule has 1 N–H and O–H groups in total. The summed E-state index contributed by atoms with van der Waals surface area (Å²) < 4.78 is 5.32. The molecule has 0 saturated carbocycles. The maximum atomic E-state index is 6.07. The van der Waals surface area contributed by atoms with Crippen molar-refractivity contribution in [1.29, 1.82) is 0 Å². The second-order valence-corrected chi connectivity index (χ2v) is 4.70. The van der Waals surface area contributed by atoms with Crippen molar-refractivity contribution in [3.63, 3.8) is 0 Å². The fourth-order valence-electron chi connectivity index (χ4n) is 1.97. The van der Waals surface area contributed by atoms with E-state index >= 15 is 0 Å². The zero-order chi connectivity index (χ0) is 12.1. The van der Waals surface area contributed by atoms with Crippen molar-refractivity contribution in [3.05, 3.63) is 28.8 Å². The Morgan fingerprint density at radius 3 is 2.88 bits per heavy atom. The van der Waals surface area contributed by atoms with Crippen molar-refractivity contribution in [2.24, 2.45) is 0 Å². The minimum absolute atomic E-state index is 0.821. The van der Waals surface area contributed by atoms with Crippen LogP contribution in [-0.2, 0) is 4.74 Å². The highest BCUT2D eigenvalue weighted by molar-refractivity contribution is 6.31. The van der Waals surface area contributed by atoms with Gasteiger partial charge < -0.3 is 10.1 Å². The Morgan fingerprint density at radius 1 is 1.35 bits per heavy atom. The van der Waals surface area contributed by atoms with Gasteiger partial charge in [-0.05, 0) is 24.6 Å². The lowest BCUT2D eigenvalue weighted by molar-refractivity contribution is 0.0398. The number of hydrogen-bond donors (Lipinski definition) is 1. The zero-order valence-electron chi connectivity index (χ0n) is 10.2. The average Bonchev–Trinajstić information content (AvgIpc) is 2.36. The minimum atomic E-state index is 0.821. The Morgan fingerprint density at radius 2 is 2.12 bits per heavy atom. The van der Waals surface area contributed by atoms with Crippen molar-refractivity contribution in [2.45, 2.75) is 6.92 Å². The molecule has 4 heteroatoms. The van der Waals surface area contributed by atoms with Gasteiger partial charge >= 0.3 is 0 Å². The minimum Gasteiger partial charge on any atom is -0.384 e. The first-order valence-electron chi connectivity index (χ1n) is 6.06. The van der Waals surface area contributed by atoms with E-state index in [4.69, 9.17) is 16.3 Å². The van der Waals surface area contributed by atoms with E-state index in [0.29, 0.717) is 0 Å². The quantitative estimate of drug-likeness (QED) is 0.893. The van der Waals surface area contributed by atoms with Gasteiger partial charge in [-0.15, -0.1) is 0 Å². The van der Waals surface area contributed by atoms with Crippen molar-refractivity contribution < 1.29 is 4.74 Å². The summed E-state index contributed by atoms with van der Waals surface area (Å²) in [4.78, 5) is 2.41. The number of halogens is 1. The predicted molar refractivity (Wildman–Crippen MR) is 71.9 cm³/mol. The number of benzene rings is 1. The molecular weight excluding hydrogens is 236 g/mol. The first kappa shape index (κ1) is 12.7. The van der Waals surface area contributed by atoms with Crippen LogP contribution in [0.1, 0.15) is 5.56 Å². The van der Waals surface area contributed by atoms with Crippen LogP contribution in [0.3, 0.4) is 0 Å². The molecule has 0 aliphatic carbocycles. The van der Waals surface area contributed by atoms with E-state index < -0.39 is 0 Å². The summed E-state index contributed by atoms with van der Waals surface area (Å²) in [6, 6.07) is 5.97. The number of ether oxygens (including phenoxy) is 1. The Labute approximate surface area is 108 Å². The lowest BCUT2D eigenvalue weighted by Crippen LogP contribution is -2.39. The Kier molecular flexibility index (Phi) is 4.66. The van der Waals surface area contributed by atoms with Crippen molar-refractivity contribution in [1.82, 2.24) is 4.90 Å². The molecule has 1 fully saturated rings. The molecular formula is C13H19ClN2O. The van der Waals surface area contributed by atoms with Crippen LogP contribution in [0.25, 0.3) is 0 Å². The highest BCUT2D eigenvalue weighted by atomic mass is 35.5. The van der Waals surface area contributed by atoms with Crippen LogP contribution in [0.15, 0.2) is 18.2 Å². The molecule has 1 aliphatic heterocycles. The highest BCUT2D eigenvalue weighted by Gasteiger charge is 2.09. The molecule has 0 amide bonds. The summed E-state index contributed by atoms with van der Waals surface area (Å²) in [6.45, 7) is 7.83. The van der Waals surface area contributed by atoms with E-state index in [1.165, 1.54) is 0 Å². The van der Waals surface area contributed by atoms with Crippen molar-refractivity contribution >= 4 is 17.3 Å². The van der Waals surface area contributed by atoms with Crippen LogP contribution in [0.5, 0.6) is 0 Å². The molecule has 1 heterocycles. The summed E-state index contributed by atoms with van der Waals surface area (Å²) >= 11 is 6.07. The lowest BCUT2D eigenvalue weighted by atomic mass is 10.2. The van der Waals surface area contributed by atoms with Gasteiger partial charge in [0.15, 0.2) is 0 Å². The van der Waals surface area contributed by atoms with Gasteiger partial charge in [0.25, 0.3) is 0 Å². The monoisotopic (exact) mass is 254 g/mol. The number of morpholine rings is 1. The van der Waals surface area contributed by atoms with Gasteiger partial charge in [0.2, 0.25) is 0 Å². The SMILES string of the molecule is Cc1c(Cl)cccc1NCCN1CCOCC1. The Bertz CT molecular complexity index is 364. The second kappa shape index (κ2) is 6.24. The van der Waals surface area contributed by atoms with E-state index in [1.54, 1.807) is 0 Å². The smallest absolute Gasteiger partial charge is 0.0594 e. The maximum absolute atomic E-state index is 6.07. The lowest BCUT2D eigenvalue weighted by Gasteiger charge is -2.26. The van der Waals surface area contributed by atoms with E-state index in [9.17, 15) is 0 Å². The maximum Gasteiger partial charge on any atom is 0.0594 e. The van der Waals surface area contributed by atoms with Gasteiger partial charge in [-0.25, -0.2) is 0 Å². The molecule has 94 valence electrons. The third kappa shape index (κ3) is 3.60. The van der Waals surface area contributed by atoms with Gasteiger partial charge in [-0.3, -0.25) is 4.90 Å². The van der Waals surface area contributed by atoms with Gasteiger partial charge in [0, 0.05) is 36.9 Å². The van der Waals surface area contributed by atoms with Gasteiger partial charge in [-0.1, -0.05) is 17.7 Å². The molecule has 1 saturated heterocycles. The number of hydrogen-bond acceptors (Lipinski definition) is 3. The standard InChI is InChI=1S/C13H19ClN2O/c1-11-12(14)3-2-4-13(11)15-5-6-16-7-9-17-10-8-16/h2-4,15H,5-10H2,1H3. The van der Waals surface area contributed by atoms with E-state index in [-0.39, 0.29) is 0 Å². The second-order valence-electron chi connectivity index (χ2n) is 4.29. The molecule has 2 rings (SSSR count). The van der Waals surface area contributed by atoms with Crippen LogP contribution < -0.4 is 5.32 Å². The first-order valence-corrected chi connectivity index (χ1v) is 6.44. The van der Waals surface area contributed by atoms with Crippen molar-refractivity contribution in [3.8, 4) is 0 Å². The summed E-state index contributed by atoms with van der Waals surface area (Å²) in [7, 11) is 0. The molecule has 0 unspecified atom stereocenters. The number of nitrogens with zero attached hydrogens (tertiary/aromatic N) is 1. The Hall–Kier alpha value is -0.770. The molecule has 17 heavy (non-hydrogen) atoms. The van der Waals surface area contributed by atoms with Crippen LogP contribution >= 0.6 is 11.6 Å². The average molecular weight is 255 g/mol. The molecule has 3 nitrogen and oxygen atoms in total. The summed E-state index contributed by atoms with van der Waals surface area (Å²) in [6.07, 6.45) is 0. The molecule has 0 aromatic heterocycles. The van der Waals surface area contributed by atoms with E-state index in [1.807, 2.05) is 19.1 Å². The normalized spacial score (nSPS) is 17.1. The summed E-state index contributed by atoms with van der Waals surface area (Å²) in [5.74, 6) is 0. The number of nitrogens with one attached hydrogen (secondary N) is 1. The molecule has 1 aliphatic rings. The van der Waals surface area contributed by atoms with Crippen LogP contribution in [-0.4, -0.2) is 44.3 Å². The van der Waals surface area contributed by atoms with Crippen molar-refractivity contribution in [2.75, 3.05) is 44.7 Å². The largest absolute Gasteiger partial charge is 0.384 e. The molecule has 0 spiro atoms.